The van der Waals surface area contributed by atoms with Crippen LogP contribution in [0.25, 0.3) is 0 Å². The zero-order chi connectivity index (χ0) is 13.7. The Labute approximate surface area is 115 Å². The van der Waals surface area contributed by atoms with E-state index in [1.54, 1.807) is 6.26 Å². The van der Waals surface area contributed by atoms with E-state index in [1.807, 2.05) is 26.0 Å². The van der Waals surface area contributed by atoms with Crippen LogP contribution in [0.2, 0.25) is 0 Å². The largest absolute Gasteiger partial charge is 0.468 e. The molecule has 0 spiro atoms. The third-order valence-corrected chi connectivity index (χ3v) is 3.76. The summed E-state index contributed by atoms with van der Waals surface area (Å²) in [6.45, 7) is 7.76. The van der Waals surface area contributed by atoms with Crippen molar-refractivity contribution in [1.82, 2.24) is 10.2 Å². The average Bonchev–Trinajstić information content (AvgIpc) is 2.90. The SMILES string of the molecule is CC(C)C(=O)NCC1CCN(Cc2ccco2)CC1. The molecule has 0 aromatic carbocycles. The number of likely N-dealkylation sites (tertiary alicyclic amines) is 1. The van der Waals surface area contributed by atoms with Crippen molar-refractivity contribution in [3.63, 3.8) is 0 Å². The molecule has 1 amide bonds. The van der Waals surface area contributed by atoms with Crippen molar-refractivity contribution >= 4 is 5.91 Å². The highest BCUT2D eigenvalue weighted by molar-refractivity contribution is 5.77. The van der Waals surface area contributed by atoms with Crippen LogP contribution < -0.4 is 5.32 Å². The molecule has 1 aliphatic rings. The molecule has 2 heterocycles. The predicted molar refractivity (Wildman–Crippen MR) is 74.6 cm³/mol. The first-order valence-corrected chi connectivity index (χ1v) is 7.17. The van der Waals surface area contributed by atoms with Gasteiger partial charge in [0.05, 0.1) is 12.8 Å². The minimum absolute atomic E-state index is 0.0824. The van der Waals surface area contributed by atoms with Crippen molar-refractivity contribution in [2.45, 2.75) is 33.2 Å². The molecule has 0 aliphatic carbocycles. The first-order valence-electron chi connectivity index (χ1n) is 7.17. The summed E-state index contributed by atoms with van der Waals surface area (Å²) < 4.78 is 5.37. The van der Waals surface area contributed by atoms with Gasteiger partial charge in [-0.1, -0.05) is 13.8 Å². The third-order valence-electron chi connectivity index (χ3n) is 3.76. The number of carbonyl (C=O) groups excluding carboxylic acids is 1. The monoisotopic (exact) mass is 264 g/mol. The van der Waals surface area contributed by atoms with E-state index in [0.29, 0.717) is 5.92 Å². The van der Waals surface area contributed by atoms with Crippen LogP contribution in [0.5, 0.6) is 0 Å². The molecule has 4 heteroatoms. The van der Waals surface area contributed by atoms with Gasteiger partial charge in [-0.15, -0.1) is 0 Å². The quantitative estimate of drug-likeness (QED) is 0.887. The van der Waals surface area contributed by atoms with Crippen LogP contribution in [0, 0.1) is 11.8 Å². The molecule has 4 nitrogen and oxygen atoms in total. The van der Waals surface area contributed by atoms with Crippen molar-refractivity contribution in [3.8, 4) is 0 Å². The van der Waals surface area contributed by atoms with E-state index in [-0.39, 0.29) is 11.8 Å². The number of rotatable bonds is 5. The van der Waals surface area contributed by atoms with Crippen molar-refractivity contribution in [1.29, 1.82) is 0 Å². The molecule has 106 valence electrons. The van der Waals surface area contributed by atoms with E-state index >= 15 is 0 Å². The highest BCUT2D eigenvalue weighted by Crippen LogP contribution is 2.18. The lowest BCUT2D eigenvalue weighted by atomic mass is 9.96. The van der Waals surface area contributed by atoms with Gasteiger partial charge in [0.15, 0.2) is 0 Å². The summed E-state index contributed by atoms with van der Waals surface area (Å²) in [5.41, 5.74) is 0. The fraction of sp³-hybridized carbons (Fsp3) is 0.667. The van der Waals surface area contributed by atoms with Crippen molar-refractivity contribution in [2.24, 2.45) is 11.8 Å². The molecule has 0 unspecified atom stereocenters. The highest BCUT2D eigenvalue weighted by Gasteiger charge is 2.20. The van der Waals surface area contributed by atoms with Gasteiger partial charge in [-0.3, -0.25) is 9.69 Å². The number of carbonyl (C=O) groups is 1. The number of nitrogens with zero attached hydrogens (tertiary/aromatic N) is 1. The Hall–Kier alpha value is -1.29. The molecule has 0 radical (unpaired) electrons. The lowest BCUT2D eigenvalue weighted by Gasteiger charge is -2.31. The fourth-order valence-electron chi connectivity index (χ4n) is 2.42. The average molecular weight is 264 g/mol. The van der Waals surface area contributed by atoms with Gasteiger partial charge in [-0.25, -0.2) is 0 Å². The lowest BCUT2D eigenvalue weighted by Crippen LogP contribution is -2.39. The first kappa shape index (κ1) is 14.1. The first-order chi connectivity index (χ1) is 9.15. The topological polar surface area (TPSA) is 45.5 Å². The van der Waals surface area contributed by atoms with Crippen molar-refractivity contribution < 1.29 is 9.21 Å². The molecule has 2 rings (SSSR count). The maximum atomic E-state index is 11.5. The summed E-state index contributed by atoms with van der Waals surface area (Å²) >= 11 is 0. The van der Waals surface area contributed by atoms with E-state index < -0.39 is 0 Å². The molecular weight excluding hydrogens is 240 g/mol. The van der Waals surface area contributed by atoms with Gasteiger partial charge < -0.3 is 9.73 Å². The molecule has 1 aliphatic heterocycles. The van der Waals surface area contributed by atoms with E-state index in [4.69, 9.17) is 4.42 Å². The fourth-order valence-corrected chi connectivity index (χ4v) is 2.42. The van der Waals surface area contributed by atoms with E-state index in [9.17, 15) is 4.79 Å². The predicted octanol–water partition coefficient (Wildman–Crippen LogP) is 2.26. The van der Waals surface area contributed by atoms with Gasteiger partial charge >= 0.3 is 0 Å². The van der Waals surface area contributed by atoms with Crippen LogP contribution in [0.3, 0.4) is 0 Å². The van der Waals surface area contributed by atoms with Gasteiger partial charge in [-0.05, 0) is 44.0 Å². The molecular formula is C15H24N2O2. The van der Waals surface area contributed by atoms with Crippen LogP contribution in [0.1, 0.15) is 32.4 Å². The standard InChI is InChI=1S/C15H24N2O2/c1-12(2)15(18)16-10-13-5-7-17(8-6-13)11-14-4-3-9-19-14/h3-4,9,12-13H,5-8,10-11H2,1-2H3,(H,16,18). The summed E-state index contributed by atoms with van der Waals surface area (Å²) in [6, 6.07) is 3.96. The van der Waals surface area contributed by atoms with Gasteiger partial charge in [0.25, 0.3) is 0 Å². The summed E-state index contributed by atoms with van der Waals surface area (Å²) in [6.07, 6.45) is 4.03. The molecule has 1 aromatic rings. The normalized spacial score (nSPS) is 17.8. The maximum Gasteiger partial charge on any atom is 0.222 e. The number of nitrogens with one attached hydrogen (secondary N) is 1. The van der Waals surface area contributed by atoms with Crippen molar-refractivity contribution in [3.05, 3.63) is 24.2 Å². The van der Waals surface area contributed by atoms with Gasteiger partial charge in [0.1, 0.15) is 5.76 Å². The van der Waals surface area contributed by atoms with Gasteiger partial charge in [-0.2, -0.15) is 0 Å². The Balaban J connectivity index is 1.66. The second kappa shape index (κ2) is 6.75. The van der Waals surface area contributed by atoms with Crippen LogP contribution in [-0.4, -0.2) is 30.4 Å². The number of furan rings is 1. The highest BCUT2D eigenvalue weighted by atomic mass is 16.3. The molecule has 0 saturated carbocycles. The van der Waals surface area contributed by atoms with Gasteiger partial charge in [0, 0.05) is 12.5 Å². The number of amides is 1. The number of hydrogen-bond donors (Lipinski definition) is 1. The summed E-state index contributed by atoms with van der Waals surface area (Å²) in [4.78, 5) is 13.9. The second-order valence-corrected chi connectivity index (χ2v) is 5.70. The second-order valence-electron chi connectivity index (χ2n) is 5.70. The van der Waals surface area contributed by atoms with Crippen LogP contribution in [0.4, 0.5) is 0 Å². The van der Waals surface area contributed by atoms with Crippen molar-refractivity contribution in [2.75, 3.05) is 19.6 Å². The Morgan fingerprint density at radius 3 is 2.79 bits per heavy atom. The zero-order valence-electron chi connectivity index (χ0n) is 11.9. The molecule has 0 atom stereocenters. The summed E-state index contributed by atoms with van der Waals surface area (Å²) in [5.74, 6) is 1.90. The van der Waals surface area contributed by atoms with Gasteiger partial charge in [0.2, 0.25) is 5.91 Å². The Morgan fingerprint density at radius 2 is 2.21 bits per heavy atom. The maximum absolute atomic E-state index is 11.5. The van der Waals surface area contributed by atoms with E-state index in [2.05, 4.69) is 10.2 Å². The molecule has 19 heavy (non-hydrogen) atoms. The van der Waals surface area contributed by atoms with Crippen LogP contribution in [-0.2, 0) is 11.3 Å². The summed E-state index contributed by atoms with van der Waals surface area (Å²) in [5, 5.41) is 3.04. The molecule has 1 saturated heterocycles. The number of piperidine rings is 1. The molecule has 1 N–H and O–H groups in total. The molecule has 0 bridgehead atoms. The van der Waals surface area contributed by atoms with E-state index in [1.165, 1.54) is 0 Å². The summed E-state index contributed by atoms with van der Waals surface area (Å²) in [7, 11) is 0. The lowest BCUT2D eigenvalue weighted by molar-refractivity contribution is -0.124. The van der Waals surface area contributed by atoms with E-state index in [0.717, 1.165) is 44.8 Å². The Kier molecular flexibility index (Phi) is 5.02. The molecule has 1 aromatic heterocycles. The minimum atomic E-state index is 0.0824. The zero-order valence-corrected chi connectivity index (χ0v) is 11.9. The minimum Gasteiger partial charge on any atom is -0.468 e. The van der Waals surface area contributed by atoms with Crippen LogP contribution in [0.15, 0.2) is 22.8 Å². The third kappa shape index (κ3) is 4.39. The molecule has 1 fully saturated rings. The number of hydrogen-bond acceptors (Lipinski definition) is 3. The van der Waals surface area contributed by atoms with Crippen LogP contribution >= 0.6 is 0 Å². The Bertz CT molecular complexity index is 379. The smallest absolute Gasteiger partial charge is 0.222 e. The Morgan fingerprint density at radius 1 is 1.47 bits per heavy atom.